The van der Waals surface area contributed by atoms with Crippen molar-refractivity contribution in [3.63, 3.8) is 0 Å². The van der Waals surface area contributed by atoms with Crippen molar-refractivity contribution in [2.45, 2.75) is 9.99 Å². The van der Waals surface area contributed by atoms with Gasteiger partial charge in [-0.05, 0) is 36.4 Å². The minimum absolute atomic E-state index is 0.0356. The molecule has 0 aliphatic rings. The molecule has 0 radical (unpaired) electrons. The molecule has 3 aromatic rings. The molecule has 0 spiro atoms. The van der Waals surface area contributed by atoms with Crippen LogP contribution >= 0.6 is 11.6 Å². The van der Waals surface area contributed by atoms with Crippen LogP contribution in [0.4, 0.5) is 11.4 Å². The second-order valence-electron chi connectivity index (χ2n) is 5.31. The Bertz CT molecular complexity index is 1130. The van der Waals surface area contributed by atoms with Gasteiger partial charge < -0.3 is 9.73 Å². The molecule has 0 atom stereocenters. The summed E-state index contributed by atoms with van der Waals surface area (Å²) in [6, 6.07) is 13.7. The van der Waals surface area contributed by atoms with E-state index in [1.807, 2.05) is 0 Å². The Kier molecular flexibility index (Phi) is 4.98. The van der Waals surface area contributed by atoms with Crippen LogP contribution in [0.5, 0.6) is 0 Å². The second kappa shape index (κ2) is 7.22. The normalized spacial score (nSPS) is 11.1. The second-order valence-corrected chi connectivity index (χ2v) is 7.60. The number of nitrogens with one attached hydrogen (secondary N) is 1. The standard InChI is InChI=1S/C17H11ClN2O6S/c18-13-10-11(6-7-14(13)20(22)23)19-17(21)15-8-9-16(26-15)27(24,25)12-4-2-1-3-5-12/h1-10H,(H,19,21). The van der Waals surface area contributed by atoms with E-state index >= 15 is 0 Å². The number of nitro benzene ring substituents is 1. The molecule has 10 heteroatoms. The van der Waals surface area contributed by atoms with Gasteiger partial charge in [-0.15, -0.1) is 0 Å². The van der Waals surface area contributed by atoms with Crippen molar-refractivity contribution < 1.29 is 22.6 Å². The third-order valence-electron chi connectivity index (χ3n) is 3.53. The quantitative estimate of drug-likeness (QED) is 0.506. The largest absolute Gasteiger partial charge is 0.439 e. The highest BCUT2D eigenvalue weighted by molar-refractivity contribution is 7.91. The van der Waals surface area contributed by atoms with Crippen LogP contribution in [-0.4, -0.2) is 19.2 Å². The van der Waals surface area contributed by atoms with Crippen molar-refractivity contribution >= 4 is 38.7 Å². The maximum absolute atomic E-state index is 12.5. The lowest BCUT2D eigenvalue weighted by atomic mass is 10.2. The highest BCUT2D eigenvalue weighted by atomic mass is 35.5. The van der Waals surface area contributed by atoms with E-state index in [1.165, 1.54) is 36.4 Å². The maximum Gasteiger partial charge on any atom is 0.291 e. The SMILES string of the molecule is O=C(Nc1ccc([N+](=O)[O-])c(Cl)c1)c1ccc(S(=O)(=O)c2ccccc2)o1. The van der Waals surface area contributed by atoms with E-state index < -0.39 is 20.7 Å². The van der Waals surface area contributed by atoms with Crippen molar-refractivity contribution in [2.24, 2.45) is 0 Å². The van der Waals surface area contributed by atoms with Crippen LogP contribution in [0.2, 0.25) is 5.02 Å². The van der Waals surface area contributed by atoms with Gasteiger partial charge >= 0.3 is 0 Å². The van der Waals surface area contributed by atoms with Gasteiger partial charge in [-0.2, -0.15) is 0 Å². The first-order valence-corrected chi connectivity index (χ1v) is 9.30. The van der Waals surface area contributed by atoms with E-state index in [0.717, 1.165) is 6.07 Å². The Balaban J connectivity index is 1.82. The summed E-state index contributed by atoms with van der Waals surface area (Å²) in [7, 11) is -3.89. The van der Waals surface area contributed by atoms with Gasteiger partial charge in [0, 0.05) is 11.8 Å². The molecule has 0 unspecified atom stereocenters. The predicted octanol–water partition coefficient (Wildman–Crippen LogP) is 3.93. The summed E-state index contributed by atoms with van der Waals surface area (Å²) in [4.78, 5) is 22.4. The zero-order chi connectivity index (χ0) is 19.6. The summed E-state index contributed by atoms with van der Waals surface area (Å²) in [5.74, 6) is -0.964. The number of nitro groups is 1. The van der Waals surface area contributed by atoms with Crippen LogP contribution in [0.3, 0.4) is 0 Å². The zero-order valence-corrected chi connectivity index (χ0v) is 15.0. The lowest BCUT2D eigenvalue weighted by Gasteiger charge is -2.04. The number of carbonyl (C=O) groups excluding carboxylic acids is 1. The fourth-order valence-electron chi connectivity index (χ4n) is 2.23. The number of anilines is 1. The van der Waals surface area contributed by atoms with Crippen molar-refractivity contribution in [3.05, 3.63) is 81.6 Å². The molecule has 8 nitrogen and oxygen atoms in total. The van der Waals surface area contributed by atoms with Crippen molar-refractivity contribution in [2.75, 3.05) is 5.32 Å². The van der Waals surface area contributed by atoms with Crippen LogP contribution in [-0.2, 0) is 9.84 Å². The smallest absolute Gasteiger partial charge is 0.291 e. The fourth-order valence-corrected chi connectivity index (χ4v) is 3.67. The molecule has 0 aliphatic carbocycles. The lowest BCUT2D eigenvalue weighted by Crippen LogP contribution is -2.11. The average molecular weight is 407 g/mol. The van der Waals surface area contributed by atoms with Crippen LogP contribution < -0.4 is 5.32 Å². The number of furan rings is 1. The Morgan fingerprint density at radius 1 is 1.07 bits per heavy atom. The monoisotopic (exact) mass is 406 g/mol. The molecule has 3 rings (SSSR count). The molecule has 0 bridgehead atoms. The van der Waals surface area contributed by atoms with Gasteiger partial charge in [0.2, 0.25) is 14.9 Å². The molecule has 0 aliphatic heterocycles. The van der Waals surface area contributed by atoms with Crippen molar-refractivity contribution in [3.8, 4) is 0 Å². The first kappa shape index (κ1) is 18.6. The van der Waals surface area contributed by atoms with Crippen LogP contribution in [0.1, 0.15) is 10.6 Å². The van der Waals surface area contributed by atoms with Gasteiger partial charge in [-0.1, -0.05) is 29.8 Å². The molecule has 1 amide bonds. The van der Waals surface area contributed by atoms with E-state index in [4.69, 9.17) is 16.0 Å². The van der Waals surface area contributed by atoms with E-state index in [9.17, 15) is 23.3 Å². The van der Waals surface area contributed by atoms with Crippen molar-refractivity contribution in [1.29, 1.82) is 0 Å². The molecular formula is C17H11ClN2O6S. The fraction of sp³-hybridized carbons (Fsp3) is 0. The first-order chi connectivity index (χ1) is 12.8. The molecule has 1 aromatic heterocycles. The summed E-state index contributed by atoms with van der Waals surface area (Å²) >= 11 is 5.79. The third-order valence-corrected chi connectivity index (χ3v) is 5.47. The molecule has 138 valence electrons. The lowest BCUT2D eigenvalue weighted by molar-refractivity contribution is -0.384. The minimum Gasteiger partial charge on any atom is -0.439 e. The van der Waals surface area contributed by atoms with Gasteiger partial charge in [0.25, 0.3) is 11.6 Å². The van der Waals surface area contributed by atoms with Crippen LogP contribution in [0.15, 0.2) is 75.1 Å². The number of sulfone groups is 1. The maximum atomic E-state index is 12.5. The topological polar surface area (TPSA) is 120 Å². The number of benzene rings is 2. The van der Waals surface area contributed by atoms with Crippen LogP contribution in [0, 0.1) is 10.1 Å². The predicted molar refractivity (Wildman–Crippen MR) is 96.7 cm³/mol. The first-order valence-electron chi connectivity index (χ1n) is 7.44. The summed E-state index contributed by atoms with van der Waals surface area (Å²) in [6.45, 7) is 0. The molecule has 1 heterocycles. The highest BCUT2D eigenvalue weighted by Crippen LogP contribution is 2.28. The Labute approximate surface area is 158 Å². The Hall–Kier alpha value is -3.17. The number of amides is 1. The molecule has 27 heavy (non-hydrogen) atoms. The Morgan fingerprint density at radius 2 is 1.78 bits per heavy atom. The number of rotatable bonds is 5. The summed E-state index contributed by atoms with van der Waals surface area (Å²) in [6.07, 6.45) is 0. The molecule has 2 aromatic carbocycles. The number of carbonyl (C=O) groups is 1. The number of hydrogen-bond donors (Lipinski definition) is 1. The van der Waals surface area contributed by atoms with Crippen molar-refractivity contribution in [1.82, 2.24) is 0 Å². The van der Waals surface area contributed by atoms with E-state index in [2.05, 4.69) is 5.32 Å². The highest BCUT2D eigenvalue weighted by Gasteiger charge is 2.23. The zero-order valence-electron chi connectivity index (χ0n) is 13.5. The molecular weight excluding hydrogens is 396 g/mol. The minimum atomic E-state index is -3.89. The number of halogens is 1. The van der Waals surface area contributed by atoms with Gasteiger partial charge in [-0.3, -0.25) is 14.9 Å². The number of hydrogen-bond acceptors (Lipinski definition) is 6. The molecule has 0 saturated carbocycles. The van der Waals surface area contributed by atoms with Gasteiger partial charge in [-0.25, -0.2) is 8.42 Å². The van der Waals surface area contributed by atoms with Gasteiger partial charge in [0.1, 0.15) is 5.02 Å². The summed E-state index contributed by atoms with van der Waals surface area (Å²) < 4.78 is 30.1. The summed E-state index contributed by atoms with van der Waals surface area (Å²) in [5.41, 5.74) is -0.108. The van der Waals surface area contributed by atoms with Gasteiger partial charge in [0.15, 0.2) is 5.76 Å². The molecule has 1 N–H and O–H groups in total. The summed E-state index contributed by atoms with van der Waals surface area (Å²) in [5, 5.41) is 12.7. The Morgan fingerprint density at radius 3 is 2.41 bits per heavy atom. The van der Waals surface area contributed by atoms with E-state index in [1.54, 1.807) is 18.2 Å². The molecule has 0 fully saturated rings. The van der Waals surface area contributed by atoms with E-state index in [0.29, 0.717) is 0 Å². The van der Waals surface area contributed by atoms with Crippen LogP contribution in [0.25, 0.3) is 0 Å². The molecule has 0 saturated heterocycles. The average Bonchev–Trinajstić information content (AvgIpc) is 3.13. The third kappa shape index (κ3) is 3.83. The van der Waals surface area contributed by atoms with Gasteiger partial charge in [0.05, 0.1) is 9.82 Å². The van der Waals surface area contributed by atoms with E-state index in [-0.39, 0.29) is 32.1 Å². The number of nitrogens with zero attached hydrogens (tertiary/aromatic N) is 1.